The molecule has 0 aliphatic carbocycles. The van der Waals surface area contributed by atoms with Gasteiger partial charge in [-0.2, -0.15) is 0 Å². The van der Waals surface area contributed by atoms with Crippen LogP contribution in [0.5, 0.6) is 0 Å². The quantitative estimate of drug-likeness (QED) is 0.659. The van der Waals surface area contributed by atoms with E-state index in [0.717, 1.165) is 11.3 Å². The Kier molecular flexibility index (Phi) is 5.92. The van der Waals surface area contributed by atoms with E-state index in [0.29, 0.717) is 17.7 Å². The molecule has 0 saturated carbocycles. The fraction of sp³-hybridized carbons (Fsp3) is 0.545. The molecule has 0 radical (unpaired) electrons. The molecule has 0 spiro atoms. The first-order valence-electron chi connectivity index (χ1n) is 5.82. The van der Waals surface area contributed by atoms with Crippen LogP contribution < -0.4 is 4.72 Å². The average Bonchev–Trinajstić information content (AvgIpc) is 2.76. The van der Waals surface area contributed by atoms with E-state index in [1.165, 1.54) is 12.1 Å². The highest BCUT2D eigenvalue weighted by atomic mass is 32.2. The maximum Gasteiger partial charge on any atom is 0.308 e. The Bertz CT molecular complexity index is 523. The Morgan fingerprint density at radius 1 is 1.47 bits per heavy atom. The second-order valence-corrected chi connectivity index (χ2v) is 7.14. The van der Waals surface area contributed by atoms with Crippen LogP contribution in [0.4, 0.5) is 0 Å². The molecule has 0 aromatic carbocycles. The minimum Gasteiger partial charge on any atom is -0.481 e. The van der Waals surface area contributed by atoms with Crippen molar-refractivity contribution in [1.29, 1.82) is 0 Å². The number of nitrogens with one attached hydrogen (secondary N) is 1. The van der Waals surface area contributed by atoms with Crippen LogP contribution in [0.1, 0.15) is 24.6 Å². The molecule has 0 aliphatic heterocycles. The van der Waals surface area contributed by atoms with E-state index < -0.39 is 16.0 Å². The summed E-state index contributed by atoms with van der Waals surface area (Å²) in [6.07, 6.45) is 0.740. The fourth-order valence-electron chi connectivity index (χ4n) is 1.53. The van der Waals surface area contributed by atoms with Gasteiger partial charge in [0.2, 0.25) is 10.0 Å². The third-order valence-corrected chi connectivity index (χ3v) is 5.62. The zero-order valence-electron chi connectivity index (χ0n) is 10.5. The summed E-state index contributed by atoms with van der Waals surface area (Å²) in [6.45, 7) is 1.74. The van der Waals surface area contributed by atoms with Gasteiger partial charge in [-0.15, -0.1) is 11.3 Å². The smallest absolute Gasteiger partial charge is 0.308 e. The molecule has 0 saturated heterocycles. The van der Waals surface area contributed by atoms with E-state index >= 15 is 0 Å². The number of aliphatic carboxylic acids is 1. The van der Waals surface area contributed by atoms with Gasteiger partial charge in [-0.3, -0.25) is 4.79 Å². The van der Waals surface area contributed by atoms with Crippen LogP contribution in [0.15, 0.2) is 16.3 Å². The number of carbonyl (C=O) groups is 1. The molecule has 1 heterocycles. The van der Waals surface area contributed by atoms with Gasteiger partial charge in [-0.05, 0) is 25.0 Å². The van der Waals surface area contributed by atoms with Gasteiger partial charge >= 0.3 is 5.97 Å². The Balaban J connectivity index is 2.82. The first kappa shape index (κ1) is 16.1. The van der Waals surface area contributed by atoms with E-state index in [1.54, 1.807) is 0 Å². The molecule has 0 amide bonds. The molecule has 1 aromatic heterocycles. The Hall–Kier alpha value is -0.960. The first-order valence-corrected chi connectivity index (χ1v) is 8.12. The van der Waals surface area contributed by atoms with E-state index in [-0.39, 0.29) is 23.3 Å². The molecule has 1 unspecified atom stereocenters. The second kappa shape index (κ2) is 6.99. The van der Waals surface area contributed by atoms with E-state index in [1.807, 2.05) is 6.92 Å². The summed E-state index contributed by atoms with van der Waals surface area (Å²) < 4.78 is 26.7. The number of rotatable bonds is 8. The maximum atomic E-state index is 12.0. The summed E-state index contributed by atoms with van der Waals surface area (Å²) in [6, 6.07) is 2.58. The monoisotopic (exact) mass is 307 g/mol. The summed E-state index contributed by atoms with van der Waals surface area (Å²) in [5, 5.41) is 17.5. The van der Waals surface area contributed by atoms with Crippen molar-refractivity contribution in [2.75, 3.05) is 6.61 Å². The third-order valence-electron chi connectivity index (χ3n) is 2.52. The Morgan fingerprint density at radius 3 is 2.68 bits per heavy atom. The maximum absolute atomic E-state index is 12.0. The topological polar surface area (TPSA) is 104 Å². The van der Waals surface area contributed by atoms with Gasteiger partial charge in [0.15, 0.2) is 0 Å². The predicted octanol–water partition coefficient (Wildman–Crippen LogP) is 0.814. The van der Waals surface area contributed by atoms with Crippen LogP contribution in [0.2, 0.25) is 0 Å². The molecule has 8 heteroatoms. The van der Waals surface area contributed by atoms with Crippen molar-refractivity contribution >= 4 is 27.3 Å². The minimum atomic E-state index is -3.64. The van der Waals surface area contributed by atoms with Gasteiger partial charge in [0.1, 0.15) is 4.21 Å². The van der Waals surface area contributed by atoms with Gasteiger partial charge < -0.3 is 10.2 Å². The van der Waals surface area contributed by atoms with Crippen LogP contribution in [-0.4, -0.2) is 37.2 Å². The van der Waals surface area contributed by atoms with E-state index in [2.05, 4.69) is 4.72 Å². The second-order valence-electron chi connectivity index (χ2n) is 4.03. The highest BCUT2D eigenvalue weighted by Gasteiger charge is 2.21. The average molecular weight is 307 g/mol. The van der Waals surface area contributed by atoms with Gasteiger partial charge in [0, 0.05) is 17.5 Å². The van der Waals surface area contributed by atoms with Crippen LogP contribution in [-0.2, 0) is 21.2 Å². The lowest BCUT2D eigenvalue weighted by atomic mass is 10.2. The van der Waals surface area contributed by atoms with Crippen LogP contribution in [0, 0.1) is 0 Å². The number of aliphatic hydroxyl groups excluding tert-OH is 1. The van der Waals surface area contributed by atoms with Crippen molar-refractivity contribution < 1.29 is 23.4 Å². The molecule has 0 bridgehead atoms. The molecule has 1 aromatic rings. The zero-order chi connectivity index (χ0) is 14.5. The fourth-order valence-corrected chi connectivity index (χ4v) is 4.24. The number of aliphatic hydroxyl groups is 1. The number of thiophene rings is 1. The zero-order valence-corrected chi connectivity index (χ0v) is 12.1. The molecule has 0 aliphatic rings. The minimum absolute atomic E-state index is 0.0876. The lowest BCUT2D eigenvalue weighted by molar-refractivity contribution is -0.136. The SMILES string of the molecule is CCC(CCO)NS(=O)(=O)c1ccc(CC(=O)O)s1. The molecular weight excluding hydrogens is 290 g/mol. The van der Waals surface area contributed by atoms with Crippen LogP contribution >= 0.6 is 11.3 Å². The van der Waals surface area contributed by atoms with Crippen molar-refractivity contribution in [3.05, 3.63) is 17.0 Å². The summed E-state index contributed by atoms with van der Waals surface area (Å²) in [4.78, 5) is 11.0. The Morgan fingerprint density at radius 2 is 2.16 bits per heavy atom. The number of hydrogen-bond donors (Lipinski definition) is 3. The first-order chi connectivity index (χ1) is 8.89. The highest BCUT2D eigenvalue weighted by Crippen LogP contribution is 2.22. The molecule has 6 nitrogen and oxygen atoms in total. The highest BCUT2D eigenvalue weighted by molar-refractivity contribution is 7.91. The summed E-state index contributed by atoms with van der Waals surface area (Å²) in [5.41, 5.74) is 0. The van der Waals surface area contributed by atoms with E-state index in [9.17, 15) is 13.2 Å². The third kappa shape index (κ3) is 4.90. The molecular formula is C11H17NO5S2. The van der Waals surface area contributed by atoms with Crippen LogP contribution in [0.3, 0.4) is 0 Å². The van der Waals surface area contributed by atoms with Crippen molar-refractivity contribution in [3.8, 4) is 0 Å². The molecule has 19 heavy (non-hydrogen) atoms. The van der Waals surface area contributed by atoms with Gasteiger partial charge in [0.25, 0.3) is 0 Å². The molecule has 1 rings (SSSR count). The van der Waals surface area contributed by atoms with Crippen molar-refractivity contribution in [2.24, 2.45) is 0 Å². The predicted molar refractivity (Wildman–Crippen MR) is 71.8 cm³/mol. The van der Waals surface area contributed by atoms with Crippen LogP contribution in [0.25, 0.3) is 0 Å². The van der Waals surface area contributed by atoms with Crippen molar-refractivity contribution in [2.45, 2.75) is 36.4 Å². The molecule has 1 atom stereocenters. The number of hydrogen-bond acceptors (Lipinski definition) is 5. The number of sulfonamides is 1. The summed E-state index contributed by atoms with van der Waals surface area (Å²) in [5.74, 6) is -0.995. The van der Waals surface area contributed by atoms with Crippen molar-refractivity contribution in [3.63, 3.8) is 0 Å². The lowest BCUT2D eigenvalue weighted by Gasteiger charge is -2.14. The number of carboxylic acid groups (broad SMARTS) is 1. The van der Waals surface area contributed by atoms with Gasteiger partial charge in [-0.1, -0.05) is 6.92 Å². The molecule has 0 fully saturated rings. The largest absolute Gasteiger partial charge is 0.481 e. The standard InChI is InChI=1S/C11H17NO5S2/c1-2-8(5-6-13)12-19(16,17)11-4-3-9(18-11)7-10(14)15/h3-4,8,12-13H,2,5-7H2,1H3,(H,14,15). The summed E-state index contributed by atoms with van der Waals surface area (Å²) >= 11 is 0.945. The lowest BCUT2D eigenvalue weighted by Crippen LogP contribution is -2.34. The van der Waals surface area contributed by atoms with E-state index in [4.69, 9.17) is 10.2 Å². The molecule has 3 N–H and O–H groups in total. The van der Waals surface area contributed by atoms with Crippen molar-refractivity contribution in [1.82, 2.24) is 4.72 Å². The normalized spacial score (nSPS) is 13.4. The Labute approximate surface area is 116 Å². The number of carboxylic acids is 1. The van der Waals surface area contributed by atoms with Gasteiger partial charge in [-0.25, -0.2) is 13.1 Å². The molecule has 108 valence electrons. The van der Waals surface area contributed by atoms with Gasteiger partial charge in [0.05, 0.1) is 6.42 Å². The summed E-state index contributed by atoms with van der Waals surface area (Å²) in [7, 11) is -3.64.